The van der Waals surface area contributed by atoms with Crippen LogP contribution in [0.4, 0.5) is 8.78 Å². The van der Waals surface area contributed by atoms with Crippen LogP contribution in [0.25, 0.3) is 0 Å². The van der Waals surface area contributed by atoms with Crippen molar-refractivity contribution in [3.8, 4) is 11.5 Å². The van der Waals surface area contributed by atoms with Gasteiger partial charge in [-0.05, 0) is 50.2 Å². The number of hydrogen-bond donors (Lipinski definition) is 2. The van der Waals surface area contributed by atoms with Crippen LogP contribution in [0.15, 0.2) is 47.5 Å². The third-order valence-electron chi connectivity index (χ3n) is 5.02. The number of guanidine groups is 1. The number of nitrogens with one attached hydrogen (secondary N) is 2. The smallest absolute Gasteiger partial charge is 0.387 e. The van der Waals surface area contributed by atoms with Gasteiger partial charge in [-0.3, -0.25) is 9.89 Å². The molecule has 0 aromatic heterocycles. The van der Waals surface area contributed by atoms with Gasteiger partial charge in [0, 0.05) is 38.3 Å². The summed E-state index contributed by atoms with van der Waals surface area (Å²) in [6.07, 6.45) is 0. The summed E-state index contributed by atoms with van der Waals surface area (Å²) < 4.78 is 35.3. The van der Waals surface area contributed by atoms with Crippen LogP contribution in [-0.2, 0) is 19.6 Å². The maximum Gasteiger partial charge on any atom is 0.387 e. The average Bonchev–Trinajstić information content (AvgIpc) is 2.75. The fraction of sp³-hybridized carbons (Fsp3) is 0.435. The summed E-state index contributed by atoms with van der Waals surface area (Å²) in [4.78, 5) is 6.51. The van der Waals surface area contributed by atoms with E-state index in [2.05, 4.69) is 58.3 Å². The lowest BCUT2D eigenvalue weighted by Crippen LogP contribution is -2.36. The van der Waals surface area contributed by atoms with E-state index in [9.17, 15) is 8.78 Å². The molecule has 0 aliphatic rings. The molecule has 0 aliphatic heterocycles. The SMILES string of the molecule is CN=C(NCc1ccccc1CN(C)C(C)C)NCc1cc(OC)ccc1OC(F)F.I. The lowest BCUT2D eigenvalue weighted by Gasteiger charge is -2.23. The van der Waals surface area contributed by atoms with E-state index < -0.39 is 6.61 Å². The van der Waals surface area contributed by atoms with E-state index in [0.29, 0.717) is 29.9 Å². The molecule has 0 spiro atoms. The highest BCUT2D eigenvalue weighted by Crippen LogP contribution is 2.25. The van der Waals surface area contributed by atoms with Crippen molar-refractivity contribution in [2.45, 2.75) is 46.1 Å². The minimum Gasteiger partial charge on any atom is -0.497 e. The van der Waals surface area contributed by atoms with Gasteiger partial charge in [0.25, 0.3) is 0 Å². The molecule has 0 bridgehead atoms. The molecule has 178 valence electrons. The van der Waals surface area contributed by atoms with E-state index in [-0.39, 0.29) is 36.3 Å². The lowest BCUT2D eigenvalue weighted by molar-refractivity contribution is -0.0505. The van der Waals surface area contributed by atoms with Crippen molar-refractivity contribution in [1.82, 2.24) is 15.5 Å². The molecule has 0 aliphatic carbocycles. The fourth-order valence-electron chi connectivity index (χ4n) is 2.95. The molecule has 2 aromatic rings. The molecule has 9 heteroatoms. The van der Waals surface area contributed by atoms with Crippen molar-refractivity contribution in [2.75, 3.05) is 21.2 Å². The second kappa shape index (κ2) is 14.1. The van der Waals surface area contributed by atoms with Gasteiger partial charge >= 0.3 is 6.61 Å². The number of benzene rings is 2. The number of nitrogens with zero attached hydrogens (tertiary/aromatic N) is 2. The van der Waals surface area contributed by atoms with E-state index in [4.69, 9.17) is 4.74 Å². The Balaban J connectivity index is 0.00000512. The summed E-state index contributed by atoms with van der Waals surface area (Å²) in [7, 11) is 5.29. The fourth-order valence-corrected chi connectivity index (χ4v) is 2.95. The molecule has 0 amide bonds. The van der Waals surface area contributed by atoms with Gasteiger partial charge in [-0.1, -0.05) is 24.3 Å². The Morgan fingerprint density at radius 3 is 2.22 bits per heavy atom. The molecule has 0 radical (unpaired) electrons. The molecule has 0 heterocycles. The van der Waals surface area contributed by atoms with Crippen LogP contribution in [0.1, 0.15) is 30.5 Å². The van der Waals surface area contributed by atoms with Crippen molar-refractivity contribution in [1.29, 1.82) is 0 Å². The second-order valence-corrected chi connectivity index (χ2v) is 7.41. The number of halogens is 3. The zero-order valence-corrected chi connectivity index (χ0v) is 21.5. The highest BCUT2D eigenvalue weighted by molar-refractivity contribution is 14.0. The molecule has 0 saturated heterocycles. The molecule has 0 atom stereocenters. The number of aliphatic imine (C=N–C) groups is 1. The lowest BCUT2D eigenvalue weighted by atomic mass is 10.1. The van der Waals surface area contributed by atoms with Gasteiger partial charge in [-0.25, -0.2) is 0 Å². The molecule has 0 fully saturated rings. The maximum absolute atomic E-state index is 12.7. The number of hydrogen-bond acceptors (Lipinski definition) is 4. The zero-order chi connectivity index (χ0) is 22.8. The number of methoxy groups -OCH3 is 1. The summed E-state index contributed by atoms with van der Waals surface area (Å²) in [5.41, 5.74) is 2.95. The topological polar surface area (TPSA) is 58.1 Å². The molecule has 0 saturated carbocycles. The summed E-state index contributed by atoms with van der Waals surface area (Å²) in [6.45, 7) is 3.11. The predicted octanol–water partition coefficient (Wildman–Crippen LogP) is 4.62. The first-order valence-corrected chi connectivity index (χ1v) is 10.2. The van der Waals surface area contributed by atoms with Gasteiger partial charge in [0.15, 0.2) is 5.96 Å². The Morgan fingerprint density at radius 1 is 1.03 bits per heavy atom. The standard InChI is InChI=1S/C23H32F2N4O2.HI/c1-16(2)29(4)15-18-9-7-6-8-17(18)13-27-23(26-3)28-14-19-12-20(30-5)10-11-21(19)31-22(24)25;/h6-12,16,22H,13-15H2,1-5H3,(H2,26,27,28);1H. The molecule has 32 heavy (non-hydrogen) atoms. The Bertz CT molecular complexity index is 866. The predicted molar refractivity (Wildman–Crippen MR) is 135 cm³/mol. The third-order valence-corrected chi connectivity index (χ3v) is 5.02. The van der Waals surface area contributed by atoms with Crippen molar-refractivity contribution < 1.29 is 18.3 Å². The number of alkyl halides is 2. The summed E-state index contributed by atoms with van der Waals surface area (Å²) in [5.74, 6) is 1.21. The van der Waals surface area contributed by atoms with E-state index in [0.717, 1.165) is 6.54 Å². The molecular formula is C23H33F2IN4O2. The quantitative estimate of drug-likeness (QED) is 0.252. The highest BCUT2D eigenvalue weighted by atomic mass is 127. The Labute approximate surface area is 206 Å². The Hall–Kier alpha value is -2.14. The van der Waals surface area contributed by atoms with Crippen LogP contribution in [-0.4, -0.2) is 44.7 Å². The first kappa shape index (κ1) is 27.9. The second-order valence-electron chi connectivity index (χ2n) is 7.41. The van der Waals surface area contributed by atoms with E-state index in [1.807, 2.05) is 12.1 Å². The molecule has 2 rings (SSSR count). The highest BCUT2D eigenvalue weighted by Gasteiger charge is 2.12. The average molecular weight is 562 g/mol. The van der Waals surface area contributed by atoms with Crippen LogP contribution in [0, 0.1) is 0 Å². The monoisotopic (exact) mass is 562 g/mol. The summed E-state index contributed by atoms with van der Waals surface area (Å²) in [5, 5.41) is 6.44. The minimum atomic E-state index is -2.90. The maximum atomic E-state index is 12.7. The van der Waals surface area contributed by atoms with Crippen LogP contribution in [0.2, 0.25) is 0 Å². The molecule has 2 N–H and O–H groups in total. The first-order chi connectivity index (χ1) is 14.8. The number of rotatable bonds is 10. The summed E-state index contributed by atoms with van der Waals surface area (Å²) in [6, 6.07) is 13.4. The van der Waals surface area contributed by atoms with E-state index in [1.165, 1.54) is 24.3 Å². The molecule has 0 unspecified atom stereocenters. The van der Waals surface area contributed by atoms with Crippen LogP contribution in [0.5, 0.6) is 11.5 Å². The third kappa shape index (κ3) is 8.78. The van der Waals surface area contributed by atoms with Gasteiger partial charge in [0.05, 0.1) is 7.11 Å². The van der Waals surface area contributed by atoms with Crippen molar-refractivity contribution in [3.63, 3.8) is 0 Å². The largest absolute Gasteiger partial charge is 0.497 e. The van der Waals surface area contributed by atoms with Gasteiger partial charge < -0.3 is 20.1 Å². The van der Waals surface area contributed by atoms with Crippen LogP contribution < -0.4 is 20.1 Å². The number of ether oxygens (including phenoxy) is 2. The van der Waals surface area contributed by atoms with Crippen LogP contribution >= 0.6 is 24.0 Å². The van der Waals surface area contributed by atoms with Crippen LogP contribution in [0.3, 0.4) is 0 Å². The van der Waals surface area contributed by atoms with E-state index >= 15 is 0 Å². The molecular weight excluding hydrogens is 529 g/mol. The van der Waals surface area contributed by atoms with Gasteiger partial charge in [0.1, 0.15) is 11.5 Å². The molecule has 2 aromatic carbocycles. The van der Waals surface area contributed by atoms with Gasteiger partial charge in [-0.15, -0.1) is 24.0 Å². The van der Waals surface area contributed by atoms with Gasteiger partial charge in [0.2, 0.25) is 0 Å². The minimum absolute atomic E-state index is 0. The first-order valence-electron chi connectivity index (χ1n) is 10.2. The summed E-state index contributed by atoms with van der Waals surface area (Å²) >= 11 is 0. The van der Waals surface area contributed by atoms with Gasteiger partial charge in [-0.2, -0.15) is 8.78 Å². The zero-order valence-electron chi connectivity index (χ0n) is 19.2. The van der Waals surface area contributed by atoms with Crippen molar-refractivity contribution in [3.05, 3.63) is 59.2 Å². The molecule has 6 nitrogen and oxygen atoms in total. The van der Waals surface area contributed by atoms with Crippen molar-refractivity contribution in [2.24, 2.45) is 4.99 Å². The normalized spacial score (nSPS) is 11.5. The van der Waals surface area contributed by atoms with Crippen molar-refractivity contribution >= 4 is 29.9 Å². The Kier molecular flexibility index (Phi) is 12.3. The Morgan fingerprint density at radius 2 is 1.66 bits per heavy atom. The van der Waals surface area contributed by atoms with E-state index in [1.54, 1.807) is 19.2 Å².